The van der Waals surface area contributed by atoms with Crippen molar-refractivity contribution in [1.82, 2.24) is 4.90 Å². The highest BCUT2D eigenvalue weighted by Crippen LogP contribution is 2.39. The van der Waals surface area contributed by atoms with Crippen LogP contribution in [0.2, 0.25) is 0 Å². The monoisotopic (exact) mass is 248 g/mol. The van der Waals surface area contributed by atoms with Crippen molar-refractivity contribution in [3.05, 3.63) is 34.9 Å². The number of esters is 1. The first-order valence-corrected chi connectivity index (χ1v) is 5.67. The molecular weight excluding hydrogens is 232 g/mol. The lowest BCUT2D eigenvalue weighted by Crippen LogP contribution is -2.43. The fourth-order valence-corrected chi connectivity index (χ4v) is 2.49. The first-order valence-electron chi connectivity index (χ1n) is 5.67. The van der Waals surface area contributed by atoms with Crippen LogP contribution in [0.3, 0.4) is 0 Å². The van der Waals surface area contributed by atoms with Gasteiger partial charge in [-0.25, -0.2) is 9.59 Å². The molecule has 0 fully saturated rings. The van der Waals surface area contributed by atoms with E-state index >= 15 is 0 Å². The van der Waals surface area contributed by atoms with Gasteiger partial charge in [-0.05, 0) is 31.0 Å². The van der Waals surface area contributed by atoms with Crippen molar-refractivity contribution in [3.8, 4) is 0 Å². The maximum Gasteiger partial charge on any atom is 0.338 e. The van der Waals surface area contributed by atoms with Crippen molar-refractivity contribution in [2.75, 3.05) is 7.11 Å². The maximum absolute atomic E-state index is 11.7. The van der Waals surface area contributed by atoms with Gasteiger partial charge in [0.2, 0.25) is 0 Å². The molecule has 0 unspecified atom stereocenters. The molecule has 0 saturated carbocycles. The highest BCUT2D eigenvalue weighted by atomic mass is 16.5. The van der Waals surface area contributed by atoms with Gasteiger partial charge in [0.15, 0.2) is 0 Å². The highest BCUT2D eigenvalue weighted by molar-refractivity contribution is 5.92. The van der Waals surface area contributed by atoms with Crippen LogP contribution in [0, 0.1) is 0 Å². The van der Waals surface area contributed by atoms with E-state index in [1.807, 2.05) is 19.9 Å². The zero-order valence-corrected chi connectivity index (χ0v) is 10.7. The fourth-order valence-electron chi connectivity index (χ4n) is 2.49. The fraction of sp³-hybridized carbons (Fsp3) is 0.385. The van der Waals surface area contributed by atoms with Crippen LogP contribution in [0.15, 0.2) is 18.2 Å². The number of primary amides is 1. The number of carbonyl (C=O) groups excluding carboxylic acids is 2. The van der Waals surface area contributed by atoms with Crippen molar-refractivity contribution < 1.29 is 14.3 Å². The van der Waals surface area contributed by atoms with E-state index in [4.69, 9.17) is 10.5 Å². The summed E-state index contributed by atoms with van der Waals surface area (Å²) in [5.74, 6) is -0.394. The first-order chi connectivity index (χ1) is 8.39. The first kappa shape index (κ1) is 12.4. The van der Waals surface area contributed by atoms with E-state index in [0.29, 0.717) is 12.1 Å². The van der Waals surface area contributed by atoms with Gasteiger partial charge in [-0.2, -0.15) is 0 Å². The van der Waals surface area contributed by atoms with Crippen molar-refractivity contribution in [2.45, 2.75) is 25.9 Å². The summed E-state index contributed by atoms with van der Waals surface area (Å²) in [4.78, 5) is 24.7. The number of nitrogens with zero attached hydrogens (tertiary/aromatic N) is 1. The molecule has 2 rings (SSSR count). The average Bonchev–Trinajstić information content (AvgIpc) is 2.60. The number of urea groups is 1. The molecule has 1 aliphatic rings. The molecule has 0 aromatic heterocycles. The van der Waals surface area contributed by atoms with Crippen LogP contribution in [0.1, 0.15) is 35.3 Å². The largest absolute Gasteiger partial charge is 0.465 e. The van der Waals surface area contributed by atoms with E-state index in [1.54, 1.807) is 17.0 Å². The number of methoxy groups -OCH3 is 1. The Morgan fingerprint density at radius 1 is 1.39 bits per heavy atom. The smallest absolute Gasteiger partial charge is 0.338 e. The van der Waals surface area contributed by atoms with Gasteiger partial charge in [0.05, 0.1) is 18.2 Å². The summed E-state index contributed by atoms with van der Waals surface area (Å²) in [6, 6.07) is 4.90. The number of carbonyl (C=O) groups is 2. The van der Waals surface area contributed by atoms with Crippen molar-refractivity contribution >= 4 is 12.0 Å². The van der Waals surface area contributed by atoms with Gasteiger partial charge in [-0.15, -0.1) is 0 Å². The minimum atomic E-state index is -0.509. The van der Waals surface area contributed by atoms with E-state index < -0.39 is 17.5 Å². The third-order valence-electron chi connectivity index (χ3n) is 3.50. The predicted octanol–water partition coefficient (Wildman–Crippen LogP) is 1.60. The topological polar surface area (TPSA) is 72.6 Å². The molecule has 1 heterocycles. The van der Waals surface area contributed by atoms with E-state index in [0.717, 1.165) is 11.1 Å². The second-order valence-electron chi connectivity index (χ2n) is 4.81. The van der Waals surface area contributed by atoms with Gasteiger partial charge in [0.1, 0.15) is 0 Å². The quantitative estimate of drug-likeness (QED) is 0.767. The van der Waals surface area contributed by atoms with E-state index in [-0.39, 0.29) is 0 Å². The lowest BCUT2D eigenvalue weighted by atomic mass is 9.92. The Morgan fingerprint density at radius 3 is 2.61 bits per heavy atom. The summed E-state index contributed by atoms with van der Waals surface area (Å²) in [7, 11) is 1.34. The highest BCUT2D eigenvalue weighted by Gasteiger charge is 2.41. The molecule has 0 radical (unpaired) electrons. The zero-order chi connectivity index (χ0) is 13.5. The number of ether oxygens (including phenoxy) is 1. The van der Waals surface area contributed by atoms with Crippen LogP contribution in [0.25, 0.3) is 0 Å². The van der Waals surface area contributed by atoms with Crippen molar-refractivity contribution in [2.24, 2.45) is 5.73 Å². The molecule has 1 aromatic carbocycles. The Balaban J connectivity index is 2.57. The van der Waals surface area contributed by atoms with Crippen LogP contribution < -0.4 is 5.73 Å². The van der Waals surface area contributed by atoms with Crippen LogP contribution in [0.4, 0.5) is 4.79 Å². The van der Waals surface area contributed by atoms with Crippen molar-refractivity contribution in [1.29, 1.82) is 0 Å². The maximum atomic E-state index is 11.7. The van der Waals surface area contributed by atoms with Crippen LogP contribution in [-0.4, -0.2) is 24.0 Å². The van der Waals surface area contributed by atoms with Gasteiger partial charge >= 0.3 is 12.0 Å². The Labute approximate surface area is 106 Å². The van der Waals surface area contributed by atoms with E-state index in [2.05, 4.69) is 0 Å². The molecule has 5 heteroatoms. The minimum absolute atomic E-state index is 0.336. The van der Waals surface area contributed by atoms with Gasteiger partial charge in [-0.1, -0.05) is 12.1 Å². The standard InChI is InChI=1S/C13H16N2O3/c1-13(2)10-6-4-5-8(11(16)18-3)9(10)7-15(13)12(14)17/h4-6H,7H2,1-3H3,(H2,14,17). The molecule has 1 aromatic rings. The summed E-state index contributed by atoms with van der Waals surface area (Å²) in [5, 5.41) is 0. The molecular formula is C13H16N2O3. The number of hydrogen-bond donors (Lipinski definition) is 1. The van der Waals surface area contributed by atoms with Crippen LogP contribution in [0.5, 0.6) is 0 Å². The van der Waals surface area contributed by atoms with E-state index in [1.165, 1.54) is 7.11 Å². The van der Waals surface area contributed by atoms with Gasteiger partial charge < -0.3 is 15.4 Å². The Hall–Kier alpha value is -2.04. The Bertz CT molecular complexity index is 523. The number of fused-ring (bicyclic) bond motifs is 1. The molecule has 0 saturated heterocycles. The second-order valence-corrected chi connectivity index (χ2v) is 4.81. The number of benzene rings is 1. The number of nitrogens with two attached hydrogens (primary N) is 1. The molecule has 18 heavy (non-hydrogen) atoms. The molecule has 2 N–H and O–H groups in total. The second kappa shape index (κ2) is 4.01. The van der Waals surface area contributed by atoms with Gasteiger partial charge in [0, 0.05) is 6.54 Å². The molecule has 0 bridgehead atoms. The van der Waals surface area contributed by atoms with Crippen molar-refractivity contribution in [3.63, 3.8) is 0 Å². The summed E-state index contributed by atoms with van der Waals surface area (Å²) >= 11 is 0. The molecule has 1 aliphatic heterocycles. The number of hydrogen-bond acceptors (Lipinski definition) is 3. The summed E-state index contributed by atoms with van der Waals surface area (Å²) < 4.78 is 4.75. The Kier molecular flexibility index (Phi) is 2.77. The lowest BCUT2D eigenvalue weighted by molar-refractivity contribution is 0.0598. The molecule has 2 amide bonds. The number of amides is 2. The van der Waals surface area contributed by atoms with Crippen LogP contribution >= 0.6 is 0 Å². The predicted molar refractivity (Wildman–Crippen MR) is 65.9 cm³/mol. The average molecular weight is 248 g/mol. The Morgan fingerprint density at radius 2 is 2.06 bits per heavy atom. The number of rotatable bonds is 1. The minimum Gasteiger partial charge on any atom is -0.465 e. The van der Waals surface area contributed by atoms with Gasteiger partial charge in [0.25, 0.3) is 0 Å². The zero-order valence-electron chi connectivity index (χ0n) is 10.7. The normalized spacial score (nSPS) is 16.3. The molecule has 5 nitrogen and oxygen atoms in total. The summed E-state index contributed by atoms with van der Waals surface area (Å²) in [6.07, 6.45) is 0. The van der Waals surface area contributed by atoms with Crippen LogP contribution in [-0.2, 0) is 16.8 Å². The SMILES string of the molecule is COC(=O)c1cccc2c1CN(C(N)=O)C2(C)C. The molecule has 0 aliphatic carbocycles. The molecule has 96 valence electrons. The lowest BCUT2D eigenvalue weighted by Gasteiger charge is -2.30. The van der Waals surface area contributed by atoms with Gasteiger partial charge in [-0.3, -0.25) is 0 Å². The van der Waals surface area contributed by atoms with E-state index in [9.17, 15) is 9.59 Å². The molecule has 0 atom stereocenters. The third-order valence-corrected chi connectivity index (χ3v) is 3.50. The summed E-state index contributed by atoms with van der Waals surface area (Å²) in [6.45, 7) is 4.15. The summed E-state index contributed by atoms with van der Waals surface area (Å²) in [5.41, 5.74) is 7.11. The third kappa shape index (κ3) is 1.63. The molecule has 0 spiro atoms.